The summed E-state index contributed by atoms with van der Waals surface area (Å²) in [4.78, 5) is 6.98. The third-order valence-electron chi connectivity index (χ3n) is 5.21. The van der Waals surface area contributed by atoms with Crippen LogP contribution >= 0.6 is 11.9 Å². The minimum absolute atomic E-state index is 0.148. The molecule has 4 rings (SSSR count). The predicted octanol–water partition coefficient (Wildman–Crippen LogP) is 3.04. The highest BCUT2D eigenvalue weighted by Crippen LogP contribution is 2.31. The second-order valence-corrected chi connectivity index (χ2v) is 8.22. The molecule has 150 valence electrons. The Morgan fingerprint density at radius 3 is 2.68 bits per heavy atom. The Labute approximate surface area is 168 Å². The second kappa shape index (κ2) is 8.28. The lowest BCUT2D eigenvalue weighted by molar-refractivity contribution is -0.0183. The molecule has 0 N–H and O–H groups in total. The molecule has 0 amide bonds. The van der Waals surface area contributed by atoms with Crippen LogP contribution in [0.1, 0.15) is 43.5 Å². The number of hydrogen-bond donors (Lipinski definition) is 0. The maximum atomic E-state index is 13.0. The van der Waals surface area contributed by atoms with E-state index >= 15 is 0 Å². The zero-order valence-electron chi connectivity index (χ0n) is 16.4. The van der Waals surface area contributed by atoms with E-state index < -0.39 is 0 Å². The van der Waals surface area contributed by atoms with Gasteiger partial charge >= 0.3 is 0 Å². The van der Waals surface area contributed by atoms with E-state index in [0.717, 1.165) is 41.8 Å². The van der Waals surface area contributed by atoms with E-state index in [9.17, 15) is 4.39 Å². The highest BCUT2D eigenvalue weighted by Gasteiger charge is 2.33. The van der Waals surface area contributed by atoms with Crippen molar-refractivity contribution in [2.24, 2.45) is 4.99 Å². The fourth-order valence-corrected chi connectivity index (χ4v) is 4.44. The van der Waals surface area contributed by atoms with Gasteiger partial charge in [-0.15, -0.1) is 10.2 Å². The molecule has 2 unspecified atom stereocenters. The van der Waals surface area contributed by atoms with Gasteiger partial charge < -0.3 is 9.30 Å². The maximum Gasteiger partial charge on any atom is 0.190 e. The van der Waals surface area contributed by atoms with Gasteiger partial charge in [0.15, 0.2) is 16.7 Å². The topological polar surface area (TPSA) is 58.8 Å². The summed E-state index contributed by atoms with van der Waals surface area (Å²) in [5.74, 6) is 1.60. The number of halogens is 1. The summed E-state index contributed by atoms with van der Waals surface area (Å²) >= 11 is 1.62. The van der Waals surface area contributed by atoms with Crippen molar-refractivity contribution in [3.63, 3.8) is 0 Å². The van der Waals surface area contributed by atoms with Crippen molar-refractivity contribution in [3.8, 4) is 0 Å². The SMILES string of the molecule is CCC1c2nnc(C3=NC(C)N(C)S3)n2CCN1COCc1ccc(F)cc1. The smallest absolute Gasteiger partial charge is 0.190 e. The molecule has 9 heteroatoms. The average molecular weight is 405 g/mol. The molecule has 1 aromatic heterocycles. The van der Waals surface area contributed by atoms with Gasteiger partial charge in [-0.2, -0.15) is 0 Å². The van der Waals surface area contributed by atoms with E-state index in [4.69, 9.17) is 9.73 Å². The van der Waals surface area contributed by atoms with Crippen LogP contribution in [-0.4, -0.2) is 55.5 Å². The average Bonchev–Trinajstić information content (AvgIpc) is 3.26. The van der Waals surface area contributed by atoms with E-state index in [0.29, 0.717) is 13.3 Å². The normalized spacial score (nSPS) is 23.1. The van der Waals surface area contributed by atoms with Crippen LogP contribution in [0, 0.1) is 5.82 Å². The third kappa shape index (κ3) is 3.84. The lowest BCUT2D eigenvalue weighted by Gasteiger charge is -2.34. The number of fused-ring (bicyclic) bond motifs is 1. The van der Waals surface area contributed by atoms with Crippen molar-refractivity contribution in [2.75, 3.05) is 20.3 Å². The Balaban J connectivity index is 1.43. The lowest BCUT2D eigenvalue weighted by atomic mass is 10.1. The molecule has 0 saturated carbocycles. The molecular weight excluding hydrogens is 379 g/mol. The van der Waals surface area contributed by atoms with E-state index in [1.165, 1.54) is 12.1 Å². The monoisotopic (exact) mass is 404 g/mol. The molecule has 2 atom stereocenters. The van der Waals surface area contributed by atoms with Crippen molar-refractivity contribution in [3.05, 3.63) is 47.3 Å². The Hall–Kier alpha value is -1.81. The van der Waals surface area contributed by atoms with E-state index in [1.807, 2.05) is 7.05 Å². The molecule has 0 spiro atoms. The van der Waals surface area contributed by atoms with E-state index in [2.05, 4.69) is 37.8 Å². The maximum absolute atomic E-state index is 13.0. The summed E-state index contributed by atoms with van der Waals surface area (Å²) < 4.78 is 23.2. The Morgan fingerprint density at radius 2 is 2.00 bits per heavy atom. The van der Waals surface area contributed by atoms with Gasteiger partial charge in [-0.25, -0.2) is 8.70 Å². The number of aromatic nitrogens is 3. The molecular formula is C19H25FN6OS. The van der Waals surface area contributed by atoms with E-state index in [1.54, 1.807) is 24.1 Å². The predicted molar refractivity (Wildman–Crippen MR) is 107 cm³/mol. The quantitative estimate of drug-likeness (QED) is 0.690. The third-order valence-corrected chi connectivity index (χ3v) is 6.26. The first-order chi connectivity index (χ1) is 13.6. The second-order valence-electron chi connectivity index (χ2n) is 7.08. The first-order valence-electron chi connectivity index (χ1n) is 9.55. The largest absolute Gasteiger partial charge is 0.361 e. The number of hydrogen-bond acceptors (Lipinski definition) is 7. The fourth-order valence-electron chi connectivity index (χ4n) is 3.53. The van der Waals surface area contributed by atoms with Crippen LogP contribution in [0.4, 0.5) is 4.39 Å². The summed E-state index contributed by atoms with van der Waals surface area (Å²) in [5, 5.41) is 9.88. The van der Waals surface area contributed by atoms with Crippen LogP contribution < -0.4 is 0 Å². The molecule has 2 aromatic rings. The summed E-state index contributed by atoms with van der Waals surface area (Å²) in [7, 11) is 2.04. The zero-order valence-corrected chi connectivity index (χ0v) is 17.2. The molecule has 0 aliphatic carbocycles. The summed E-state index contributed by atoms with van der Waals surface area (Å²) in [6, 6.07) is 6.58. The highest BCUT2D eigenvalue weighted by molar-refractivity contribution is 8.12. The summed E-state index contributed by atoms with van der Waals surface area (Å²) in [5.41, 5.74) is 0.964. The van der Waals surface area contributed by atoms with E-state index in [-0.39, 0.29) is 18.0 Å². The van der Waals surface area contributed by atoms with Gasteiger partial charge in [0.05, 0.1) is 12.6 Å². The van der Waals surface area contributed by atoms with Crippen molar-refractivity contribution < 1.29 is 9.13 Å². The number of nitrogens with zero attached hydrogens (tertiary/aromatic N) is 6. The van der Waals surface area contributed by atoms with Gasteiger partial charge in [0.1, 0.15) is 18.7 Å². The van der Waals surface area contributed by atoms with Gasteiger partial charge in [-0.1, -0.05) is 19.1 Å². The molecule has 28 heavy (non-hydrogen) atoms. The van der Waals surface area contributed by atoms with Crippen molar-refractivity contribution in [2.45, 2.75) is 45.6 Å². The molecule has 2 aliphatic rings. The highest BCUT2D eigenvalue weighted by atomic mass is 32.2. The molecule has 0 fully saturated rings. The van der Waals surface area contributed by atoms with Gasteiger partial charge in [0, 0.05) is 20.1 Å². The van der Waals surface area contributed by atoms with Crippen LogP contribution in [0.15, 0.2) is 29.3 Å². The summed E-state index contributed by atoms with van der Waals surface area (Å²) in [6.45, 7) is 6.87. The number of benzene rings is 1. The van der Waals surface area contributed by atoms with Crippen molar-refractivity contribution >= 4 is 17.0 Å². The first kappa shape index (κ1) is 19.5. The van der Waals surface area contributed by atoms with Gasteiger partial charge in [-0.05, 0) is 43.0 Å². The van der Waals surface area contributed by atoms with Gasteiger partial charge in [-0.3, -0.25) is 9.89 Å². The molecule has 3 heterocycles. The Morgan fingerprint density at radius 1 is 1.21 bits per heavy atom. The molecule has 2 aliphatic heterocycles. The number of aliphatic imine (C=N–C) groups is 1. The van der Waals surface area contributed by atoms with Crippen LogP contribution in [-0.2, 0) is 17.9 Å². The van der Waals surface area contributed by atoms with Crippen LogP contribution in [0.3, 0.4) is 0 Å². The molecule has 1 aromatic carbocycles. The zero-order chi connectivity index (χ0) is 19.7. The Kier molecular flexibility index (Phi) is 5.77. The van der Waals surface area contributed by atoms with Crippen LogP contribution in [0.5, 0.6) is 0 Å². The standard InChI is InChI=1S/C19H25FN6OS/c1-4-16-17-22-23-18(19-21-13(2)24(3)28-19)26(17)10-9-25(16)12-27-11-14-5-7-15(20)8-6-14/h5-8,13,16H,4,9-12H2,1-3H3. The van der Waals surface area contributed by atoms with Crippen molar-refractivity contribution in [1.82, 2.24) is 24.0 Å². The molecule has 7 nitrogen and oxygen atoms in total. The first-order valence-corrected chi connectivity index (χ1v) is 10.3. The number of rotatable bonds is 6. The minimum atomic E-state index is -0.230. The molecule has 0 saturated heterocycles. The molecule has 0 bridgehead atoms. The van der Waals surface area contributed by atoms with Crippen molar-refractivity contribution in [1.29, 1.82) is 0 Å². The van der Waals surface area contributed by atoms with Gasteiger partial charge in [0.25, 0.3) is 0 Å². The molecule has 0 radical (unpaired) electrons. The van der Waals surface area contributed by atoms with Crippen LogP contribution in [0.25, 0.3) is 0 Å². The fraction of sp³-hybridized carbons (Fsp3) is 0.526. The number of ether oxygens (including phenoxy) is 1. The van der Waals surface area contributed by atoms with Crippen LogP contribution in [0.2, 0.25) is 0 Å². The summed E-state index contributed by atoms with van der Waals surface area (Å²) in [6.07, 6.45) is 1.07. The minimum Gasteiger partial charge on any atom is -0.361 e. The lowest BCUT2D eigenvalue weighted by Crippen LogP contribution is -2.40. The van der Waals surface area contributed by atoms with Gasteiger partial charge in [0.2, 0.25) is 0 Å². The Bertz CT molecular complexity index is 855.